The second-order valence-electron chi connectivity index (χ2n) is 5.92. The Morgan fingerprint density at radius 1 is 1.14 bits per heavy atom. The minimum Gasteiger partial charge on any atom is -0.347 e. The van der Waals surface area contributed by atoms with Crippen molar-refractivity contribution in [2.24, 2.45) is 0 Å². The van der Waals surface area contributed by atoms with Crippen molar-refractivity contribution in [3.8, 4) is 0 Å². The number of benzene rings is 1. The normalized spacial score (nSPS) is 20.3. The fourth-order valence-corrected chi connectivity index (χ4v) is 3.08. The topological polar surface area (TPSA) is 50.8 Å². The number of hydrogen-bond acceptors (Lipinski definition) is 3. The maximum absolute atomic E-state index is 12.1. The Morgan fingerprint density at radius 3 is 2.50 bits per heavy atom. The van der Waals surface area contributed by atoms with Crippen molar-refractivity contribution in [2.75, 3.05) is 32.8 Å². The molecule has 0 unspecified atom stereocenters. The first-order valence-corrected chi connectivity index (χ1v) is 8.12. The largest absolute Gasteiger partial charge is 0.347 e. The lowest BCUT2D eigenvalue weighted by molar-refractivity contribution is -0.181. The third-order valence-corrected chi connectivity index (χ3v) is 4.39. The monoisotopic (exact) mass is 304 g/mol. The molecule has 1 aromatic carbocycles. The fraction of sp³-hybridized carbons (Fsp3) is 0.588. The van der Waals surface area contributed by atoms with Gasteiger partial charge in [0.1, 0.15) is 0 Å². The van der Waals surface area contributed by atoms with Crippen LogP contribution in [0.3, 0.4) is 0 Å². The van der Waals surface area contributed by atoms with Gasteiger partial charge in [0.05, 0.1) is 13.2 Å². The van der Waals surface area contributed by atoms with Gasteiger partial charge < -0.3 is 19.7 Å². The van der Waals surface area contributed by atoms with E-state index in [9.17, 15) is 4.79 Å². The number of likely N-dealkylation sites (tertiary alicyclic amines) is 1. The predicted octanol–water partition coefficient (Wildman–Crippen LogP) is 2.17. The number of aryl methyl sites for hydroxylation is 1. The van der Waals surface area contributed by atoms with Crippen LogP contribution >= 0.6 is 0 Å². The third-order valence-electron chi connectivity index (χ3n) is 4.39. The molecule has 2 amide bonds. The number of piperidine rings is 1. The van der Waals surface area contributed by atoms with Gasteiger partial charge >= 0.3 is 6.03 Å². The Kier molecular flexibility index (Phi) is 4.95. The fourth-order valence-electron chi connectivity index (χ4n) is 3.08. The van der Waals surface area contributed by atoms with Gasteiger partial charge in [0, 0.05) is 32.5 Å². The molecule has 2 saturated heterocycles. The first-order valence-electron chi connectivity index (χ1n) is 8.12. The molecule has 2 aliphatic heterocycles. The summed E-state index contributed by atoms with van der Waals surface area (Å²) in [7, 11) is 0. The van der Waals surface area contributed by atoms with E-state index in [0.29, 0.717) is 32.8 Å². The SMILES string of the molecule is O=C(NCCCc1ccccc1)N1CCC2(CC1)OCCO2. The first kappa shape index (κ1) is 15.3. The lowest BCUT2D eigenvalue weighted by Gasteiger charge is -2.37. The summed E-state index contributed by atoms with van der Waals surface area (Å²) >= 11 is 0. The van der Waals surface area contributed by atoms with Crippen molar-refractivity contribution in [1.82, 2.24) is 10.2 Å². The van der Waals surface area contributed by atoms with E-state index in [1.54, 1.807) is 0 Å². The smallest absolute Gasteiger partial charge is 0.317 e. The van der Waals surface area contributed by atoms with Gasteiger partial charge in [-0.1, -0.05) is 30.3 Å². The van der Waals surface area contributed by atoms with Crippen LogP contribution in [-0.2, 0) is 15.9 Å². The highest BCUT2D eigenvalue weighted by atomic mass is 16.7. The molecule has 120 valence electrons. The average molecular weight is 304 g/mol. The molecular formula is C17H24N2O3. The number of rotatable bonds is 4. The Bertz CT molecular complexity index is 476. The van der Waals surface area contributed by atoms with Gasteiger partial charge in [-0.2, -0.15) is 0 Å². The van der Waals surface area contributed by atoms with E-state index in [4.69, 9.17) is 9.47 Å². The number of ether oxygens (including phenoxy) is 2. The van der Waals surface area contributed by atoms with Crippen LogP contribution in [0, 0.1) is 0 Å². The predicted molar refractivity (Wildman–Crippen MR) is 83.6 cm³/mol. The van der Waals surface area contributed by atoms with Gasteiger partial charge in [-0.3, -0.25) is 0 Å². The van der Waals surface area contributed by atoms with E-state index in [1.165, 1.54) is 5.56 Å². The van der Waals surface area contributed by atoms with Crippen molar-refractivity contribution in [3.63, 3.8) is 0 Å². The molecule has 2 fully saturated rings. The van der Waals surface area contributed by atoms with Gasteiger partial charge in [0.15, 0.2) is 5.79 Å². The molecule has 3 rings (SSSR count). The van der Waals surface area contributed by atoms with Crippen LogP contribution in [0.1, 0.15) is 24.8 Å². The van der Waals surface area contributed by atoms with Gasteiger partial charge in [0.2, 0.25) is 0 Å². The maximum Gasteiger partial charge on any atom is 0.317 e. The Balaban J connectivity index is 1.34. The van der Waals surface area contributed by atoms with Crippen LogP contribution in [0.25, 0.3) is 0 Å². The van der Waals surface area contributed by atoms with E-state index in [2.05, 4.69) is 17.4 Å². The quantitative estimate of drug-likeness (QED) is 0.867. The molecule has 0 radical (unpaired) electrons. The molecule has 0 aliphatic carbocycles. The van der Waals surface area contributed by atoms with Crippen LogP contribution in [-0.4, -0.2) is 49.6 Å². The van der Waals surface area contributed by atoms with Crippen molar-refractivity contribution >= 4 is 6.03 Å². The molecule has 1 spiro atoms. The number of nitrogens with one attached hydrogen (secondary N) is 1. The molecule has 0 saturated carbocycles. The summed E-state index contributed by atoms with van der Waals surface area (Å²) in [6, 6.07) is 10.4. The lowest BCUT2D eigenvalue weighted by atomic mass is 10.0. The highest BCUT2D eigenvalue weighted by Gasteiger charge is 2.40. The average Bonchev–Trinajstić information content (AvgIpc) is 3.01. The lowest BCUT2D eigenvalue weighted by Crippen LogP contribution is -2.50. The van der Waals surface area contributed by atoms with Crippen molar-refractivity contribution < 1.29 is 14.3 Å². The van der Waals surface area contributed by atoms with Gasteiger partial charge in [-0.05, 0) is 18.4 Å². The number of carbonyl (C=O) groups is 1. The standard InChI is InChI=1S/C17H24N2O3/c20-16(18-10-4-7-15-5-2-1-3-6-15)19-11-8-17(9-12-19)21-13-14-22-17/h1-3,5-6H,4,7-14H2,(H,18,20). The molecule has 2 aliphatic rings. The number of carbonyl (C=O) groups excluding carboxylic acids is 1. The van der Waals surface area contributed by atoms with Crippen molar-refractivity contribution in [2.45, 2.75) is 31.5 Å². The zero-order chi connectivity index (χ0) is 15.3. The Morgan fingerprint density at radius 2 is 1.82 bits per heavy atom. The molecule has 5 heteroatoms. The van der Waals surface area contributed by atoms with Gasteiger partial charge in [-0.15, -0.1) is 0 Å². The van der Waals surface area contributed by atoms with E-state index >= 15 is 0 Å². The zero-order valence-corrected chi connectivity index (χ0v) is 12.9. The molecule has 0 aromatic heterocycles. The Hall–Kier alpha value is -1.59. The maximum atomic E-state index is 12.1. The summed E-state index contributed by atoms with van der Waals surface area (Å²) in [4.78, 5) is 14.0. The summed E-state index contributed by atoms with van der Waals surface area (Å²) in [5.41, 5.74) is 1.31. The van der Waals surface area contributed by atoms with Crippen LogP contribution in [0.15, 0.2) is 30.3 Å². The van der Waals surface area contributed by atoms with Crippen LogP contribution < -0.4 is 5.32 Å². The van der Waals surface area contributed by atoms with E-state index in [1.807, 2.05) is 23.1 Å². The molecule has 1 aromatic rings. The summed E-state index contributed by atoms with van der Waals surface area (Å²) in [5, 5.41) is 3.01. The minimum atomic E-state index is -0.413. The Labute approximate surface area is 131 Å². The van der Waals surface area contributed by atoms with Crippen LogP contribution in [0.2, 0.25) is 0 Å². The van der Waals surface area contributed by atoms with E-state index in [0.717, 1.165) is 25.7 Å². The summed E-state index contributed by atoms with van der Waals surface area (Å²) in [6.45, 7) is 3.45. The highest BCUT2D eigenvalue weighted by molar-refractivity contribution is 5.74. The van der Waals surface area contributed by atoms with Crippen LogP contribution in [0.5, 0.6) is 0 Å². The third kappa shape index (κ3) is 3.78. The molecule has 0 bridgehead atoms. The molecule has 5 nitrogen and oxygen atoms in total. The van der Waals surface area contributed by atoms with E-state index < -0.39 is 5.79 Å². The summed E-state index contributed by atoms with van der Waals surface area (Å²) < 4.78 is 11.4. The second kappa shape index (κ2) is 7.11. The first-order chi connectivity index (χ1) is 10.8. The van der Waals surface area contributed by atoms with Crippen molar-refractivity contribution in [1.29, 1.82) is 0 Å². The molecule has 2 heterocycles. The van der Waals surface area contributed by atoms with Crippen molar-refractivity contribution in [3.05, 3.63) is 35.9 Å². The number of amides is 2. The summed E-state index contributed by atoms with van der Waals surface area (Å²) in [6.07, 6.45) is 3.49. The zero-order valence-electron chi connectivity index (χ0n) is 12.9. The number of nitrogens with zero attached hydrogens (tertiary/aromatic N) is 1. The number of hydrogen-bond donors (Lipinski definition) is 1. The molecular weight excluding hydrogens is 280 g/mol. The molecule has 22 heavy (non-hydrogen) atoms. The second-order valence-corrected chi connectivity index (χ2v) is 5.92. The minimum absolute atomic E-state index is 0.0286. The summed E-state index contributed by atoms with van der Waals surface area (Å²) in [5.74, 6) is -0.413. The number of urea groups is 1. The highest BCUT2D eigenvalue weighted by Crippen LogP contribution is 2.31. The van der Waals surface area contributed by atoms with Crippen LogP contribution in [0.4, 0.5) is 4.79 Å². The van der Waals surface area contributed by atoms with E-state index in [-0.39, 0.29) is 6.03 Å². The van der Waals surface area contributed by atoms with Gasteiger partial charge in [0.25, 0.3) is 0 Å². The molecule has 1 N–H and O–H groups in total. The molecule has 0 atom stereocenters. The van der Waals surface area contributed by atoms with Gasteiger partial charge in [-0.25, -0.2) is 4.79 Å².